The lowest BCUT2D eigenvalue weighted by Gasteiger charge is -2.29. The zero-order valence-corrected chi connectivity index (χ0v) is 38.5. The number of nitrogens with zero attached hydrogens (tertiary/aromatic N) is 2. The summed E-state index contributed by atoms with van der Waals surface area (Å²) in [6.07, 6.45) is -0.420. The van der Waals surface area contributed by atoms with E-state index in [2.05, 4.69) is 51.7 Å². The summed E-state index contributed by atoms with van der Waals surface area (Å²) in [4.78, 5) is 142. The number of carboxylic acid groups (broad SMARTS) is 2. The molecule has 0 spiro atoms. The summed E-state index contributed by atoms with van der Waals surface area (Å²) in [5.41, 5.74) is 27.4. The standard InChI is InChI=1S/C36H67N14O15P/c1-16(2)25(32(58)45-18(5)27(53)44-19(6)28(54)47-22(34(60)61)11-12-24(51)52)50-31(57)23(15-65-66(62,63)64)48-33(59)26(17(3)4)49-30(56)21(10-8-14-43-36(40)41)46-29(55)20(37)9-7-13-42-35(38)39/h16-23,25-26H,7-15,37H2,1-6H3,(H,44,53)(H,45,58)(H,46,55)(H,47,54)(H,48,59)(H,49,56)(H,50,57)(H,51,52)(H,60,61)(H4,38,39,42)(H4,40,41,43)(H2,62,63,64)/t18-,19-,20-,21-,22-,23-,25-,26-/m0/s1. The van der Waals surface area contributed by atoms with Gasteiger partial charge in [-0.25, -0.2) is 9.36 Å². The van der Waals surface area contributed by atoms with Crippen molar-refractivity contribution in [1.29, 1.82) is 0 Å². The second-order valence-corrected chi connectivity index (χ2v) is 16.9. The van der Waals surface area contributed by atoms with Gasteiger partial charge in [-0.2, -0.15) is 0 Å². The first-order valence-electron chi connectivity index (χ1n) is 20.6. The molecule has 376 valence electrons. The van der Waals surface area contributed by atoms with E-state index in [0.717, 1.165) is 0 Å². The molecular weight excluding hydrogens is 899 g/mol. The summed E-state index contributed by atoms with van der Waals surface area (Å²) in [5.74, 6) is -11.4. The van der Waals surface area contributed by atoms with E-state index in [1.54, 1.807) is 0 Å². The molecule has 0 aliphatic heterocycles. The van der Waals surface area contributed by atoms with Crippen molar-refractivity contribution in [3.63, 3.8) is 0 Å². The molecule has 0 bridgehead atoms. The van der Waals surface area contributed by atoms with Gasteiger partial charge in [0.25, 0.3) is 0 Å². The highest BCUT2D eigenvalue weighted by atomic mass is 31.2. The second-order valence-electron chi connectivity index (χ2n) is 15.7. The highest BCUT2D eigenvalue weighted by molar-refractivity contribution is 7.46. The van der Waals surface area contributed by atoms with Gasteiger partial charge in [0.05, 0.1) is 12.6 Å². The molecule has 0 aromatic rings. The summed E-state index contributed by atoms with van der Waals surface area (Å²) in [7, 11) is -5.28. The second kappa shape index (κ2) is 29.4. The zero-order valence-electron chi connectivity index (χ0n) is 37.6. The lowest BCUT2D eigenvalue weighted by Crippen LogP contribution is -2.61. The first kappa shape index (κ1) is 59.8. The van der Waals surface area contributed by atoms with Crippen molar-refractivity contribution in [2.75, 3.05) is 19.7 Å². The summed E-state index contributed by atoms with van der Waals surface area (Å²) >= 11 is 0. The van der Waals surface area contributed by atoms with E-state index in [1.807, 2.05) is 0 Å². The molecule has 0 rings (SSSR count). The SMILES string of the molecule is CC(C)[C@H](NC(=O)[C@H](COP(=O)(O)O)NC(=O)[C@@H](NC(=O)[C@H](CCCN=C(N)N)NC(=O)[C@@H](N)CCCN=C(N)N)C(C)C)C(=O)N[C@@H](C)C(=O)N[C@@H](C)C(=O)N[C@@H](CCC(=O)O)C(=O)O. The first-order chi connectivity index (χ1) is 30.5. The van der Waals surface area contributed by atoms with Crippen molar-refractivity contribution in [2.45, 2.75) is 128 Å². The maximum absolute atomic E-state index is 13.8. The smallest absolute Gasteiger partial charge is 0.469 e. The molecule has 0 aliphatic carbocycles. The molecule has 0 heterocycles. The van der Waals surface area contributed by atoms with E-state index in [4.69, 9.17) is 33.8 Å². The predicted octanol–water partition coefficient (Wildman–Crippen LogP) is -5.78. The van der Waals surface area contributed by atoms with Crippen LogP contribution < -0.4 is 65.9 Å². The number of guanidine groups is 2. The Morgan fingerprint density at radius 1 is 0.545 bits per heavy atom. The number of hydrogen-bond acceptors (Lipinski definition) is 14. The molecule has 0 saturated carbocycles. The van der Waals surface area contributed by atoms with Crippen LogP contribution in [0.2, 0.25) is 0 Å². The lowest BCUT2D eigenvalue weighted by molar-refractivity contribution is -0.143. The average molecular weight is 967 g/mol. The van der Waals surface area contributed by atoms with Crippen molar-refractivity contribution in [1.82, 2.24) is 37.2 Å². The maximum atomic E-state index is 13.8. The number of rotatable bonds is 31. The van der Waals surface area contributed by atoms with Gasteiger partial charge in [-0.3, -0.25) is 52.9 Å². The molecule has 8 atom stereocenters. The van der Waals surface area contributed by atoms with E-state index in [0.29, 0.717) is 6.42 Å². The average Bonchev–Trinajstić information content (AvgIpc) is 3.19. The van der Waals surface area contributed by atoms with E-state index in [1.165, 1.54) is 41.5 Å². The maximum Gasteiger partial charge on any atom is 0.469 e. The van der Waals surface area contributed by atoms with E-state index >= 15 is 0 Å². The Kier molecular flexibility index (Phi) is 26.6. The molecule has 21 N–H and O–H groups in total. The Morgan fingerprint density at radius 2 is 0.955 bits per heavy atom. The molecular formula is C36H67N14O15P. The third-order valence-corrected chi connectivity index (χ3v) is 9.67. The monoisotopic (exact) mass is 966 g/mol. The predicted molar refractivity (Wildman–Crippen MR) is 235 cm³/mol. The van der Waals surface area contributed by atoms with Crippen LogP contribution in [0.1, 0.15) is 80.1 Å². The van der Waals surface area contributed by atoms with Gasteiger partial charge in [0.15, 0.2) is 11.9 Å². The van der Waals surface area contributed by atoms with Gasteiger partial charge in [-0.05, 0) is 57.8 Å². The summed E-state index contributed by atoms with van der Waals surface area (Å²) in [6, 6.07) is -11.6. The number of nitrogens with two attached hydrogens (primary N) is 5. The van der Waals surface area contributed by atoms with Crippen molar-refractivity contribution in [3.8, 4) is 0 Å². The van der Waals surface area contributed by atoms with Crippen molar-refractivity contribution >= 4 is 73.0 Å². The Labute approximate surface area is 380 Å². The Hall–Kier alpha value is -6.16. The van der Waals surface area contributed by atoms with Crippen LogP contribution in [-0.4, -0.2) is 153 Å². The topological polar surface area (TPSA) is 500 Å². The number of phosphoric acid groups is 1. The van der Waals surface area contributed by atoms with Gasteiger partial charge >= 0.3 is 19.8 Å². The van der Waals surface area contributed by atoms with Crippen LogP contribution in [0.25, 0.3) is 0 Å². The van der Waals surface area contributed by atoms with Gasteiger partial charge in [-0.15, -0.1) is 0 Å². The number of phosphoric ester groups is 1. The zero-order chi connectivity index (χ0) is 51.1. The van der Waals surface area contributed by atoms with Gasteiger partial charge in [0, 0.05) is 19.5 Å². The quantitative estimate of drug-likeness (QED) is 0.0133. The van der Waals surface area contributed by atoms with Crippen molar-refractivity contribution < 1.29 is 72.2 Å². The van der Waals surface area contributed by atoms with Gasteiger partial charge in [-0.1, -0.05) is 27.7 Å². The van der Waals surface area contributed by atoms with Crippen LogP contribution in [0.3, 0.4) is 0 Å². The fourth-order valence-electron chi connectivity index (χ4n) is 5.49. The fourth-order valence-corrected chi connectivity index (χ4v) is 5.83. The van der Waals surface area contributed by atoms with Crippen LogP contribution in [-0.2, 0) is 52.2 Å². The normalized spacial score (nSPS) is 14.9. The fraction of sp³-hybridized carbons (Fsp3) is 0.694. The molecule has 0 aliphatic rings. The van der Waals surface area contributed by atoms with Crippen LogP contribution in [0.15, 0.2) is 9.98 Å². The molecule has 7 amide bonds. The summed E-state index contributed by atoms with van der Waals surface area (Å²) in [5, 5.41) is 34.6. The number of nitrogens with one attached hydrogen (secondary N) is 7. The molecule has 0 unspecified atom stereocenters. The number of aliphatic carboxylic acids is 2. The minimum Gasteiger partial charge on any atom is -0.481 e. The number of carbonyl (C=O) groups excluding carboxylic acids is 7. The molecule has 0 aromatic heterocycles. The third kappa shape index (κ3) is 24.8. The van der Waals surface area contributed by atoms with E-state index < -0.39 is 141 Å². The molecule has 0 saturated heterocycles. The van der Waals surface area contributed by atoms with Crippen LogP contribution in [0.4, 0.5) is 0 Å². The third-order valence-electron chi connectivity index (χ3n) is 9.18. The Bertz CT molecular complexity index is 1800. The van der Waals surface area contributed by atoms with Crippen LogP contribution >= 0.6 is 7.82 Å². The van der Waals surface area contributed by atoms with Crippen molar-refractivity contribution in [3.05, 3.63) is 0 Å². The van der Waals surface area contributed by atoms with Gasteiger partial charge < -0.3 is 85.9 Å². The van der Waals surface area contributed by atoms with E-state index in [-0.39, 0.29) is 44.3 Å². The van der Waals surface area contributed by atoms with E-state index in [9.17, 15) is 62.6 Å². The lowest BCUT2D eigenvalue weighted by atomic mass is 10.0. The molecule has 0 radical (unpaired) electrons. The van der Waals surface area contributed by atoms with Crippen LogP contribution in [0, 0.1) is 11.8 Å². The minimum absolute atomic E-state index is 0.0423. The first-order valence-corrected chi connectivity index (χ1v) is 22.1. The number of carbonyl (C=O) groups is 9. The number of aliphatic imine (C=N–C) groups is 2. The highest BCUT2D eigenvalue weighted by Crippen LogP contribution is 2.35. The molecule has 29 nitrogen and oxygen atoms in total. The van der Waals surface area contributed by atoms with Crippen LogP contribution in [0.5, 0.6) is 0 Å². The Balaban J connectivity index is 6.18. The molecule has 0 fully saturated rings. The molecule has 66 heavy (non-hydrogen) atoms. The van der Waals surface area contributed by atoms with Crippen molar-refractivity contribution in [2.24, 2.45) is 50.5 Å². The molecule has 30 heteroatoms. The minimum atomic E-state index is -5.28. The summed E-state index contributed by atoms with van der Waals surface area (Å²) < 4.78 is 16.2. The van der Waals surface area contributed by atoms with Gasteiger partial charge in [0.2, 0.25) is 41.4 Å². The highest BCUT2D eigenvalue weighted by Gasteiger charge is 2.36. The summed E-state index contributed by atoms with van der Waals surface area (Å²) in [6.45, 7) is 7.52. The largest absolute Gasteiger partial charge is 0.481 e. The number of carboxylic acids is 2. The molecule has 0 aromatic carbocycles. The Morgan fingerprint density at radius 3 is 1.39 bits per heavy atom. The number of amides is 7. The number of hydrogen-bond donors (Lipinski definition) is 16. The van der Waals surface area contributed by atoms with Gasteiger partial charge in [0.1, 0.15) is 42.3 Å².